The van der Waals surface area contributed by atoms with E-state index in [4.69, 9.17) is 9.47 Å². The highest BCUT2D eigenvalue weighted by molar-refractivity contribution is 5.90. The third kappa shape index (κ3) is 5.78. The van der Waals surface area contributed by atoms with Crippen LogP contribution in [0.5, 0.6) is 11.5 Å². The zero-order valence-corrected chi connectivity index (χ0v) is 19.0. The van der Waals surface area contributed by atoms with Crippen LogP contribution in [-0.2, 0) is 16.1 Å². The van der Waals surface area contributed by atoms with Crippen LogP contribution in [0.15, 0.2) is 66.7 Å². The molecule has 0 aromatic heterocycles. The molecule has 1 atom stereocenters. The standard InChI is InChI=1S/C26H30N2O4/c1-18(2)27-26(30)19(3)28(16-20-12-14-22(31-4)15-13-20)25(29)17-32-24-11-7-9-21-8-5-6-10-23(21)24/h5-15,18-19H,16-17H2,1-4H3,(H,27,30)/t19-/m0/s1. The lowest BCUT2D eigenvalue weighted by Gasteiger charge is -2.29. The van der Waals surface area contributed by atoms with Crippen LogP contribution in [-0.4, -0.2) is 42.5 Å². The molecule has 3 aromatic rings. The quantitative estimate of drug-likeness (QED) is 0.549. The third-order valence-electron chi connectivity index (χ3n) is 5.21. The molecule has 2 amide bonds. The molecule has 168 valence electrons. The molecular formula is C26H30N2O4. The van der Waals surface area contributed by atoms with Gasteiger partial charge < -0.3 is 19.7 Å². The van der Waals surface area contributed by atoms with E-state index in [0.717, 1.165) is 22.1 Å². The fourth-order valence-electron chi connectivity index (χ4n) is 3.46. The van der Waals surface area contributed by atoms with Crippen molar-refractivity contribution in [3.05, 3.63) is 72.3 Å². The summed E-state index contributed by atoms with van der Waals surface area (Å²) in [6, 6.07) is 20.4. The largest absolute Gasteiger partial charge is 0.497 e. The molecule has 0 fully saturated rings. The lowest BCUT2D eigenvalue weighted by Crippen LogP contribution is -2.50. The van der Waals surface area contributed by atoms with Crippen molar-refractivity contribution in [2.24, 2.45) is 0 Å². The topological polar surface area (TPSA) is 67.9 Å². The van der Waals surface area contributed by atoms with Crippen molar-refractivity contribution in [1.82, 2.24) is 10.2 Å². The Hall–Kier alpha value is -3.54. The van der Waals surface area contributed by atoms with Gasteiger partial charge in [0.15, 0.2) is 6.61 Å². The molecule has 1 N–H and O–H groups in total. The van der Waals surface area contributed by atoms with Crippen LogP contribution in [0.3, 0.4) is 0 Å². The number of hydrogen-bond acceptors (Lipinski definition) is 4. The second-order valence-corrected chi connectivity index (χ2v) is 7.97. The summed E-state index contributed by atoms with van der Waals surface area (Å²) in [6.45, 7) is 5.64. The summed E-state index contributed by atoms with van der Waals surface area (Å²) in [5.41, 5.74) is 0.897. The Bertz CT molecular complexity index is 1060. The predicted octanol–water partition coefficient (Wildman–Crippen LogP) is 4.17. The Balaban J connectivity index is 1.78. The zero-order chi connectivity index (χ0) is 23.1. The van der Waals surface area contributed by atoms with Crippen molar-refractivity contribution in [2.45, 2.75) is 39.4 Å². The number of nitrogens with zero attached hydrogens (tertiary/aromatic N) is 1. The molecule has 0 radical (unpaired) electrons. The second-order valence-electron chi connectivity index (χ2n) is 7.97. The number of rotatable bonds is 9. The SMILES string of the molecule is COc1ccc(CN(C(=O)COc2cccc3ccccc23)[C@@H](C)C(=O)NC(C)C)cc1. The van der Waals surface area contributed by atoms with E-state index in [0.29, 0.717) is 5.75 Å². The summed E-state index contributed by atoms with van der Waals surface area (Å²) in [7, 11) is 1.60. The molecule has 32 heavy (non-hydrogen) atoms. The summed E-state index contributed by atoms with van der Waals surface area (Å²) in [6.07, 6.45) is 0. The summed E-state index contributed by atoms with van der Waals surface area (Å²) in [5.74, 6) is 0.906. The van der Waals surface area contributed by atoms with Gasteiger partial charge in [-0.05, 0) is 49.9 Å². The lowest BCUT2D eigenvalue weighted by atomic mass is 10.1. The molecule has 0 saturated carbocycles. The van der Waals surface area contributed by atoms with Crippen LogP contribution in [0, 0.1) is 0 Å². The van der Waals surface area contributed by atoms with Gasteiger partial charge in [0.05, 0.1) is 7.11 Å². The highest BCUT2D eigenvalue weighted by atomic mass is 16.5. The highest BCUT2D eigenvalue weighted by Gasteiger charge is 2.27. The van der Waals surface area contributed by atoms with Crippen molar-refractivity contribution in [3.63, 3.8) is 0 Å². The maximum absolute atomic E-state index is 13.2. The maximum atomic E-state index is 13.2. The average molecular weight is 435 g/mol. The van der Waals surface area contributed by atoms with E-state index in [2.05, 4.69) is 5.32 Å². The van der Waals surface area contributed by atoms with Crippen LogP contribution in [0.1, 0.15) is 26.3 Å². The molecule has 0 spiro atoms. The number of methoxy groups -OCH3 is 1. The Labute approximate surface area is 189 Å². The highest BCUT2D eigenvalue weighted by Crippen LogP contribution is 2.25. The van der Waals surface area contributed by atoms with Gasteiger partial charge in [-0.2, -0.15) is 0 Å². The number of carbonyl (C=O) groups is 2. The van der Waals surface area contributed by atoms with Gasteiger partial charge in [0.1, 0.15) is 17.5 Å². The first kappa shape index (κ1) is 23.1. The molecular weight excluding hydrogens is 404 g/mol. The van der Waals surface area contributed by atoms with E-state index >= 15 is 0 Å². The van der Waals surface area contributed by atoms with E-state index in [1.807, 2.05) is 80.6 Å². The Morgan fingerprint density at radius 1 is 0.938 bits per heavy atom. The third-order valence-corrected chi connectivity index (χ3v) is 5.21. The van der Waals surface area contributed by atoms with E-state index in [9.17, 15) is 9.59 Å². The first-order valence-corrected chi connectivity index (χ1v) is 10.7. The predicted molar refractivity (Wildman–Crippen MR) is 126 cm³/mol. The normalized spacial score (nSPS) is 11.8. The minimum atomic E-state index is -0.650. The van der Waals surface area contributed by atoms with Crippen molar-refractivity contribution in [1.29, 1.82) is 0 Å². The van der Waals surface area contributed by atoms with Gasteiger partial charge in [-0.25, -0.2) is 0 Å². The molecule has 0 aliphatic heterocycles. The molecule has 0 heterocycles. The van der Waals surface area contributed by atoms with E-state index in [-0.39, 0.29) is 31.0 Å². The number of carbonyl (C=O) groups excluding carboxylic acids is 2. The number of amides is 2. The van der Waals surface area contributed by atoms with Crippen LogP contribution in [0.4, 0.5) is 0 Å². The van der Waals surface area contributed by atoms with Gasteiger partial charge in [0.2, 0.25) is 5.91 Å². The Morgan fingerprint density at radius 3 is 2.31 bits per heavy atom. The van der Waals surface area contributed by atoms with Crippen molar-refractivity contribution >= 4 is 22.6 Å². The van der Waals surface area contributed by atoms with Gasteiger partial charge in [0.25, 0.3) is 5.91 Å². The molecule has 6 nitrogen and oxygen atoms in total. The van der Waals surface area contributed by atoms with Crippen LogP contribution >= 0.6 is 0 Å². The first-order valence-electron chi connectivity index (χ1n) is 10.7. The van der Waals surface area contributed by atoms with Crippen molar-refractivity contribution in [3.8, 4) is 11.5 Å². The molecule has 0 aliphatic rings. The first-order chi connectivity index (χ1) is 15.4. The Morgan fingerprint density at radius 2 is 1.62 bits per heavy atom. The van der Waals surface area contributed by atoms with Crippen LogP contribution in [0.25, 0.3) is 10.8 Å². The van der Waals surface area contributed by atoms with Crippen LogP contribution < -0.4 is 14.8 Å². The number of nitrogens with one attached hydrogen (secondary N) is 1. The summed E-state index contributed by atoms with van der Waals surface area (Å²) in [4.78, 5) is 27.4. The lowest BCUT2D eigenvalue weighted by molar-refractivity contribution is -0.142. The molecule has 3 aromatic carbocycles. The zero-order valence-electron chi connectivity index (χ0n) is 19.0. The molecule has 0 saturated heterocycles. The van der Waals surface area contributed by atoms with E-state index in [1.54, 1.807) is 18.9 Å². The minimum Gasteiger partial charge on any atom is -0.497 e. The molecule has 6 heteroatoms. The molecule has 3 rings (SSSR count). The number of hydrogen-bond donors (Lipinski definition) is 1. The van der Waals surface area contributed by atoms with Crippen LogP contribution in [0.2, 0.25) is 0 Å². The number of fused-ring (bicyclic) bond motifs is 1. The van der Waals surface area contributed by atoms with Gasteiger partial charge in [-0.15, -0.1) is 0 Å². The van der Waals surface area contributed by atoms with Crippen molar-refractivity contribution < 1.29 is 19.1 Å². The second kappa shape index (κ2) is 10.7. The molecule has 0 unspecified atom stereocenters. The summed E-state index contributed by atoms with van der Waals surface area (Å²) >= 11 is 0. The van der Waals surface area contributed by atoms with Gasteiger partial charge in [-0.3, -0.25) is 9.59 Å². The number of ether oxygens (including phenoxy) is 2. The smallest absolute Gasteiger partial charge is 0.261 e. The fourth-order valence-corrected chi connectivity index (χ4v) is 3.46. The summed E-state index contributed by atoms with van der Waals surface area (Å²) in [5, 5.41) is 4.87. The average Bonchev–Trinajstić information content (AvgIpc) is 2.80. The van der Waals surface area contributed by atoms with E-state index in [1.165, 1.54) is 0 Å². The van der Waals surface area contributed by atoms with Gasteiger partial charge >= 0.3 is 0 Å². The monoisotopic (exact) mass is 434 g/mol. The van der Waals surface area contributed by atoms with Gasteiger partial charge in [0, 0.05) is 18.0 Å². The van der Waals surface area contributed by atoms with Gasteiger partial charge in [-0.1, -0.05) is 48.5 Å². The Kier molecular flexibility index (Phi) is 7.71. The number of benzene rings is 3. The molecule has 0 aliphatic carbocycles. The van der Waals surface area contributed by atoms with Crippen molar-refractivity contribution in [2.75, 3.05) is 13.7 Å². The van der Waals surface area contributed by atoms with E-state index < -0.39 is 6.04 Å². The summed E-state index contributed by atoms with van der Waals surface area (Å²) < 4.78 is 11.1. The maximum Gasteiger partial charge on any atom is 0.261 e. The minimum absolute atomic E-state index is 0.0187. The molecule has 0 bridgehead atoms. The fraction of sp³-hybridized carbons (Fsp3) is 0.308.